The van der Waals surface area contributed by atoms with Gasteiger partial charge in [0, 0.05) is 69.6 Å². The largest absolute Gasteiger partial charge is 0.444 e. The monoisotopic (exact) mass is 692 g/mol. The van der Waals surface area contributed by atoms with E-state index in [2.05, 4.69) is 25.4 Å². The van der Waals surface area contributed by atoms with Crippen LogP contribution in [0.4, 0.5) is 38.7 Å². The van der Waals surface area contributed by atoms with Crippen LogP contribution in [0.3, 0.4) is 0 Å². The number of piperidine rings is 1. The molecule has 3 fully saturated rings. The first-order valence-corrected chi connectivity index (χ1v) is 16.1. The second-order valence-electron chi connectivity index (χ2n) is 13.8. The van der Waals surface area contributed by atoms with Crippen LogP contribution >= 0.6 is 0 Å². The fraction of sp³-hybridized carbons (Fsp3) is 0.562. The van der Waals surface area contributed by atoms with Crippen molar-refractivity contribution in [2.24, 2.45) is 0 Å². The molecule has 2 aliphatic heterocycles. The molecule has 2 amide bonds. The van der Waals surface area contributed by atoms with Gasteiger partial charge in [0.1, 0.15) is 11.4 Å². The Morgan fingerprint density at radius 2 is 1.55 bits per heavy atom. The first-order valence-electron chi connectivity index (χ1n) is 16.1. The van der Waals surface area contributed by atoms with Crippen LogP contribution in [0.15, 0.2) is 29.0 Å². The molecule has 1 aromatic carbocycles. The molecule has 17 heteroatoms. The Bertz CT molecular complexity index is 1680. The van der Waals surface area contributed by atoms with Crippen molar-refractivity contribution in [3.63, 3.8) is 0 Å². The van der Waals surface area contributed by atoms with Crippen molar-refractivity contribution in [1.29, 1.82) is 0 Å². The minimum Gasteiger partial charge on any atom is -0.444 e. The number of amides is 2. The highest BCUT2D eigenvalue weighted by Gasteiger charge is 2.42. The number of ether oxygens (including phenoxy) is 1. The molecule has 0 radical (unpaired) electrons. The van der Waals surface area contributed by atoms with Crippen LogP contribution in [0.5, 0.6) is 0 Å². The molecule has 3 aliphatic rings. The van der Waals surface area contributed by atoms with Crippen LogP contribution in [-0.2, 0) is 10.7 Å². The van der Waals surface area contributed by atoms with E-state index in [1.165, 1.54) is 12.4 Å². The average Bonchev–Trinajstić information content (AvgIpc) is 3.55. The summed E-state index contributed by atoms with van der Waals surface area (Å²) in [5.74, 6) is -8.26. The third kappa shape index (κ3) is 7.69. The van der Waals surface area contributed by atoms with Crippen LogP contribution in [0.1, 0.15) is 81.0 Å². The number of rotatable bonds is 8. The zero-order chi connectivity index (χ0) is 35.2. The van der Waals surface area contributed by atoms with Crippen molar-refractivity contribution in [1.82, 2.24) is 30.3 Å². The van der Waals surface area contributed by atoms with Gasteiger partial charge in [-0.3, -0.25) is 4.79 Å². The zero-order valence-corrected chi connectivity index (χ0v) is 27.4. The minimum absolute atomic E-state index is 0.0169. The van der Waals surface area contributed by atoms with E-state index in [0.29, 0.717) is 38.9 Å². The Balaban J connectivity index is 1.15. The van der Waals surface area contributed by atoms with Gasteiger partial charge in [0.15, 0.2) is 11.6 Å². The molecule has 1 N–H and O–H groups in total. The number of benzene rings is 1. The van der Waals surface area contributed by atoms with Gasteiger partial charge in [-0.1, -0.05) is 5.16 Å². The summed E-state index contributed by atoms with van der Waals surface area (Å²) in [6, 6.07) is 0.443. The molecule has 264 valence electrons. The Kier molecular flexibility index (Phi) is 9.13. The molecule has 2 atom stereocenters. The van der Waals surface area contributed by atoms with E-state index < -0.39 is 52.9 Å². The number of nitrogens with zero attached hydrogens (tertiary/aromatic N) is 7. The lowest BCUT2D eigenvalue weighted by atomic mass is 9.93. The number of hydrogen-bond donors (Lipinski definition) is 1. The van der Waals surface area contributed by atoms with Gasteiger partial charge in [-0.2, -0.15) is 13.8 Å². The smallest absolute Gasteiger partial charge is 0.407 e. The third-order valence-corrected chi connectivity index (χ3v) is 8.74. The highest BCUT2D eigenvalue weighted by Crippen LogP contribution is 2.36. The molecular weight excluding hydrogens is 655 g/mol. The lowest BCUT2D eigenvalue weighted by Crippen LogP contribution is -2.48. The summed E-state index contributed by atoms with van der Waals surface area (Å²) in [7, 11) is 0. The molecule has 2 aromatic heterocycles. The highest BCUT2D eigenvalue weighted by atomic mass is 19.3. The van der Waals surface area contributed by atoms with Gasteiger partial charge in [0.25, 0.3) is 5.91 Å². The minimum atomic E-state index is -3.22. The lowest BCUT2D eigenvalue weighted by Gasteiger charge is -2.38. The van der Waals surface area contributed by atoms with Gasteiger partial charge in [-0.15, -0.1) is 0 Å². The number of nitrogens with one attached hydrogen (secondary N) is 1. The zero-order valence-electron chi connectivity index (χ0n) is 27.4. The molecule has 1 saturated carbocycles. The summed E-state index contributed by atoms with van der Waals surface area (Å²) < 4.78 is 80.4. The van der Waals surface area contributed by atoms with E-state index in [-0.39, 0.29) is 54.2 Å². The van der Waals surface area contributed by atoms with E-state index in [0.717, 1.165) is 18.9 Å². The molecule has 6 rings (SSSR count). The first kappa shape index (κ1) is 34.3. The van der Waals surface area contributed by atoms with Crippen LogP contribution < -0.4 is 15.1 Å². The molecular formula is C32H37F5N8O4. The maximum atomic E-state index is 14.9. The lowest BCUT2D eigenvalue weighted by molar-refractivity contribution is 0.00556. The fourth-order valence-electron chi connectivity index (χ4n) is 6.29. The van der Waals surface area contributed by atoms with E-state index in [4.69, 9.17) is 9.26 Å². The summed E-state index contributed by atoms with van der Waals surface area (Å²) in [6.07, 6.45) is 4.87. The number of alkyl halides is 2. The van der Waals surface area contributed by atoms with Gasteiger partial charge in [-0.25, -0.2) is 27.9 Å². The molecule has 2 unspecified atom stereocenters. The summed E-state index contributed by atoms with van der Waals surface area (Å²) >= 11 is 0. The van der Waals surface area contributed by atoms with Gasteiger partial charge in [0.05, 0.1) is 11.6 Å². The van der Waals surface area contributed by atoms with Crippen LogP contribution in [-0.4, -0.2) is 86.9 Å². The van der Waals surface area contributed by atoms with Gasteiger partial charge in [0.2, 0.25) is 11.8 Å². The average molecular weight is 693 g/mol. The number of carbonyl (C=O) groups is 2. The van der Waals surface area contributed by atoms with E-state index >= 15 is 0 Å². The summed E-state index contributed by atoms with van der Waals surface area (Å²) in [5.41, 5.74) is -0.672. The van der Waals surface area contributed by atoms with Gasteiger partial charge in [-0.05, 0) is 58.1 Å². The SMILES string of the molecule is CC(C)(C)OC(=O)NC1CN(c2ncc(C(=O)N(C3CC3)C3CCN(c4nc(C(C)(F)F)no4)CC3)cn2)CC1c1cc(F)c(F)cc1F. The van der Waals surface area contributed by atoms with Gasteiger partial charge >= 0.3 is 18.0 Å². The molecule has 4 heterocycles. The molecule has 0 bridgehead atoms. The number of carbonyl (C=O) groups excluding carboxylic acids is 2. The first-order chi connectivity index (χ1) is 23.1. The summed E-state index contributed by atoms with van der Waals surface area (Å²) in [4.78, 5) is 44.3. The molecule has 3 aromatic rings. The predicted octanol–water partition coefficient (Wildman–Crippen LogP) is 5.16. The molecule has 2 saturated heterocycles. The Morgan fingerprint density at radius 1 is 0.918 bits per heavy atom. The van der Waals surface area contributed by atoms with Crippen molar-refractivity contribution in [2.45, 2.75) is 88.9 Å². The van der Waals surface area contributed by atoms with Crippen LogP contribution in [0, 0.1) is 17.5 Å². The van der Waals surface area contributed by atoms with Crippen LogP contribution in [0.2, 0.25) is 0 Å². The van der Waals surface area contributed by atoms with Crippen LogP contribution in [0.25, 0.3) is 0 Å². The normalized spacial score (nSPS) is 20.4. The van der Waals surface area contributed by atoms with E-state index in [9.17, 15) is 31.5 Å². The van der Waals surface area contributed by atoms with Crippen molar-refractivity contribution in [3.05, 3.63) is 58.9 Å². The number of aromatic nitrogens is 4. The molecule has 49 heavy (non-hydrogen) atoms. The van der Waals surface area contributed by atoms with Crippen molar-refractivity contribution in [3.8, 4) is 0 Å². The molecule has 0 spiro atoms. The topological polar surface area (TPSA) is 130 Å². The maximum Gasteiger partial charge on any atom is 0.407 e. The molecule has 12 nitrogen and oxygen atoms in total. The third-order valence-electron chi connectivity index (χ3n) is 8.74. The summed E-state index contributed by atoms with van der Waals surface area (Å²) in [6.45, 7) is 6.78. The highest BCUT2D eigenvalue weighted by molar-refractivity contribution is 5.94. The number of hydrogen-bond acceptors (Lipinski definition) is 10. The second-order valence-corrected chi connectivity index (χ2v) is 13.8. The fourth-order valence-corrected chi connectivity index (χ4v) is 6.29. The predicted molar refractivity (Wildman–Crippen MR) is 165 cm³/mol. The van der Waals surface area contributed by atoms with Crippen molar-refractivity contribution >= 4 is 24.0 Å². The van der Waals surface area contributed by atoms with E-state index in [1.807, 2.05) is 4.90 Å². The number of halogens is 5. The number of anilines is 2. The maximum absolute atomic E-state index is 14.9. The Labute approximate surface area is 279 Å². The summed E-state index contributed by atoms with van der Waals surface area (Å²) in [5, 5.41) is 6.10. The molecule has 1 aliphatic carbocycles. The van der Waals surface area contributed by atoms with Crippen molar-refractivity contribution < 1.29 is 40.8 Å². The Hall–Kier alpha value is -4.57. The van der Waals surface area contributed by atoms with E-state index in [1.54, 1.807) is 30.6 Å². The Morgan fingerprint density at radius 3 is 2.14 bits per heavy atom. The number of alkyl carbamates (subject to hydrolysis) is 1. The van der Waals surface area contributed by atoms with Crippen molar-refractivity contribution in [2.75, 3.05) is 36.0 Å². The quantitative estimate of drug-likeness (QED) is 0.250. The second kappa shape index (κ2) is 13.0. The standard InChI is InChI=1S/C32H37F5N8O4/c1-31(2,3)48-30(47)40-25-16-44(15-21(25)20-11-23(34)24(35)12-22(20)33)28-38-13-17(14-39-28)26(46)45(18-5-6-18)19-7-9-43(10-8-19)29-41-27(42-49-29)32(4,36)37/h11-14,18-19,21,25H,5-10,15-16H2,1-4H3,(H,40,47). The van der Waals surface area contributed by atoms with Gasteiger partial charge < -0.3 is 29.3 Å².